The molecule has 0 spiro atoms. The van der Waals surface area contributed by atoms with Crippen LogP contribution in [0.25, 0.3) is 5.76 Å². The molecule has 0 aliphatic carbocycles. The van der Waals surface area contributed by atoms with Crippen LogP contribution in [0.15, 0.2) is 53.4 Å². The molecule has 0 bridgehead atoms. The fourth-order valence-electron chi connectivity index (χ4n) is 4.03. The number of thiophene rings is 1. The summed E-state index contributed by atoms with van der Waals surface area (Å²) in [5.41, 5.74) is 1.96. The van der Waals surface area contributed by atoms with Crippen molar-refractivity contribution in [3.05, 3.63) is 80.0 Å². The van der Waals surface area contributed by atoms with Gasteiger partial charge < -0.3 is 14.9 Å². The van der Waals surface area contributed by atoms with Gasteiger partial charge in [0.2, 0.25) is 0 Å². The summed E-state index contributed by atoms with van der Waals surface area (Å²) in [5, 5.41) is 23.9. The van der Waals surface area contributed by atoms with Gasteiger partial charge in [-0.2, -0.15) is 0 Å². The summed E-state index contributed by atoms with van der Waals surface area (Å²) in [6.45, 7) is 3.70. The number of anilines is 1. The van der Waals surface area contributed by atoms with E-state index < -0.39 is 17.7 Å². The summed E-state index contributed by atoms with van der Waals surface area (Å²) in [7, 11) is 1.48. The van der Waals surface area contributed by atoms with Crippen molar-refractivity contribution in [3.8, 4) is 11.5 Å². The van der Waals surface area contributed by atoms with Gasteiger partial charge in [0.1, 0.15) is 23.3 Å². The highest BCUT2D eigenvalue weighted by Gasteiger charge is 2.48. The number of halogens is 1. The Balaban J connectivity index is 2.01. The number of hydrogen-bond acceptors (Lipinski definition) is 6. The van der Waals surface area contributed by atoms with Crippen LogP contribution >= 0.6 is 22.9 Å². The molecule has 1 saturated heterocycles. The lowest BCUT2D eigenvalue weighted by Crippen LogP contribution is -2.29. The van der Waals surface area contributed by atoms with E-state index in [1.54, 1.807) is 18.2 Å². The number of carbonyl (C=O) groups excluding carboxylic acids is 2. The number of phenols is 1. The molecule has 1 unspecified atom stereocenters. The van der Waals surface area contributed by atoms with E-state index in [0.29, 0.717) is 21.2 Å². The van der Waals surface area contributed by atoms with Gasteiger partial charge in [0.05, 0.1) is 23.9 Å². The number of aromatic hydroxyl groups is 1. The fourth-order valence-corrected chi connectivity index (χ4v) is 5.02. The lowest BCUT2D eigenvalue weighted by molar-refractivity contribution is -0.132. The Labute approximate surface area is 193 Å². The van der Waals surface area contributed by atoms with Crippen LogP contribution in [0, 0.1) is 13.8 Å². The maximum Gasteiger partial charge on any atom is 0.300 e. The Bertz CT molecular complexity index is 1270. The zero-order chi connectivity index (χ0) is 23.2. The minimum absolute atomic E-state index is 0.0832. The molecule has 0 radical (unpaired) electrons. The van der Waals surface area contributed by atoms with Gasteiger partial charge in [0.25, 0.3) is 11.7 Å². The van der Waals surface area contributed by atoms with Gasteiger partial charge in [0.15, 0.2) is 0 Å². The van der Waals surface area contributed by atoms with E-state index in [0.717, 1.165) is 11.1 Å². The smallest absolute Gasteiger partial charge is 0.300 e. The van der Waals surface area contributed by atoms with Crippen molar-refractivity contribution in [2.75, 3.05) is 12.0 Å². The number of phenolic OH excluding ortho intramolecular Hbond substituents is 1. The van der Waals surface area contributed by atoms with Crippen molar-refractivity contribution in [2.24, 2.45) is 0 Å². The monoisotopic (exact) mass is 469 g/mol. The van der Waals surface area contributed by atoms with Crippen molar-refractivity contribution in [2.45, 2.75) is 19.9 Å². The zero-order valence-electron chi connectivity index (χ0n) is 17.5. The molecule has 1 amide bonds. The van der Waals surface area contributed by atoms with Gasteiger partial charge in [-0.25, -0.2) is 0 Å². The van der Waals surface area contributed by atoms with E-state index in [-0.39, 0.29) is 22.8 Å². The average Bonchev–Trinajstić information content (AvgIpc) is 3.36. The molecule has 1 aromatic heterocycles. The topological polar surface area (TPSA) is 87.1 Å². The highest BCUT2D eigenvalue weighted by atomic mass is 35.5. The molecule has 32 heavy (non-hydrogen) atoms. The summed E-state index contributed by atoms with van der Waals surface area (Å²) in [6.07, 6.45) is 0. The number of Topliss-reactive ketones (excluding diaryl/α,β-unsaturated/α-hetero) is 1. The van der Waals surface area contributed by atoms with Gasteiger partial charge in [-0.15, -0.1) is 11.3 Å². The molecule has 1 aliphatic heterocycles. The normalized spacial score (nSPS) is 17.8. The van der Waals surface area contributed by atoms with Crippen LogP contribution in [0.2, 0.25) is 5.02 Å². The first-order chi connectivity index (χ1) is 15.2. The Morgan fingerprint density at radius 3 is 2.56 bits per heavy atom. The van der Waals surface area contributed by atoms with Crippen molar-refractivity contribution in [1.29, 1.82) is 0 Å². The number of aryl methyl sites for hydroxylation is 2. The van der Waals surface area contributed by atoms with Gasteiger partial charge >= 0.3 is 0 Å². The predicted molar refractivity (Wildman–Crippen MR) is 125 cm³/mol. The third kappa shape index (κ3) is 3.53. The van der Waals surface area contributed by atoms with Gasteiger partial charge in [0, 0.05) is 9.90 Å². The van der Waals surface area contributed by atoms with Crippen LogP contribution in [-0.4, -0.2) is 29.0 Å². The van der Waals surface area contributed by atoms with E-state index in [2.05, 4.69) is 0 Å². The number of hydrogen-bond donors (Lipinski definition) is 2. The second-order valence-electron chi connectivity index (χ2n) is 7.48. The fraction of sp³-hybridized carbons (Fsp3) is 0.167. The number of rotatable bonds is 4. The molecule has 6 nitrogen and oxygen atoms in total. The maximum atomic E-state index is 13.2. The molecule has 8 heteroatoms. The number of benzene rings is 2. The third-order valence-electron chi connectivity index (χ3n) is 5.33. The first-order valence-electron chi connectivity index (χ1n) is 9.73. The van der Waals surface area contributed by atoms with Crippen molar-refractivity contribution in [3.63, 3.8) is 0 Å². The predicted octanol–water partition coefficient (Wildman–Crippen LogP) is 5.36. The lowest BCUT2D eigenvalue weighted by atomic mass is 9.96. The number of amides is 1. The van der Waals surface area contributed by atoms with Crippen LogP contribution in [-0.2, 0) is 9.59 Å². The molecule has 4 rings (SSSR count). The molecular formula is C24H20ClNO5S. The minimum Gasteiger partial charge on any atom is -0.507 e. The lowest BCUT2D eigenvalue weighted by Gasteiger charge is -2.25. The summed E-state index contributed by atoms with van der Waals surface area (Å²) >= 11 is 7.44. The van der Waals surface area contributed by atoms with E-state index in [4.69, 9.17) is 16.3 Å². The quantitative estimate of drug-likeness (QED) is 0.305. The Morgan fingerprint density at radius 1 is 1.16 bits per heavy atom. The molecule has 2 heterocycles. The highest BCUT2D eigenvalue weighted by molar-refractivity contribution is 7.10. The van der Waals surface area contributed by atoms with Gasteiger partial charge in [-0.05, 0) is 60.7 Å². The van der Waals surface area contributed by atoms with Crippen molar-refractivity contribution < 1.29 is 24.5 Å². The van der Waals surface area contributed by atoms with Gasteiger partial charge in [-0.3, -0.25) is 14.5 Å². The summed E-state index contributed by atoms with van der Waals surface area (Å²) < 4.78 is 5.49. The Kier molecular flexibility index (Phi) is 5.71. The second kappa shape index (κ2) is 8.33. The van der Waals surface area contributed by atoms with Crippen molar-refractivity contribution >= 4 is 46.1 Å². The average molecular weight is 470 g/mol. The molecular weight excluding hydrogens is 450 g/mol. The number of nitrogens with zero attached hydrogens (tertiary/aromatic N) is 1. The van der Waals surface area contributed by atoms with Crippen LogP contribution in [0.3, 0.4) is 0 Å². The van der Waals surface area contributed by atoms with Gasteiger partial charge in [-0.1, -0.05) is 23.7 Å². The molecule has 0 saturated carbocycles. The zero-order valence-corrected chi connectivity index (χ0v) is 19.1. The Hall–Kier alpha value is -3.29. The summed E-state index contributed by atoms with van der Waals surface area (Å²) in [5.74, 6) is -1.86. The largest absolute Gasteiger partial charge is 0.507 e. The number of carbonyl (C=O) groups is 2. The number of aliphatic hydroxyl groups is 1. The van der Waals surface area contributed by atoms with E-state index in [9.17, 15) is 19.8 Å². The number of aliphatic hydroxyl groups excluding tert-OH is 1. The first kappa shape index (κ1) is 21.9. The maximum absolute atomic E-state index is 13.2. The minimum atomic E-state index is -0.940. The number of methoxy groups -OCH3 is 1. The molecule has 1 fully saturated rings. The van der Waals surface area contributed by atoms with Crippen LogP contribution in [0.4, 0.5) is 5.69 Å². The molecule has 2 aromatic carbocycles. The SMILES string of the molecule is COc1c(C)cc(C)cc1/C(O)=C1/C(=O)C(=O)N(c2cc(Cl)ccc2O)C1c1cccs1. The highest BCUT2D eigenvalue weighted by Crippen LogP contribution is 2.47. The van der Waals surface area contributed by atoms with E-state index in [1.165, 1.54) is 41.5 Å². The van der Waals surface area contributed by atoms with Crippen LogP contribution in [0.5, 0.6) is 11.5 Å². The molecule has 1 aliphatic rings. The van der Waals surface area contributed by atoms with Crippen molar-refractivity contribution in [1.82, 2.24) is 0 Å². The van der Waals surface area contributed by atoms with Crippen LogP contribution < -0.4 is 9.64 Å². The second-order valence-corrected chi connectivity index (χ2v) is 8.90. The standard InChI is InChI=1S/C24H20ClNO5S/c1-12-9-13(2)23(31-3)15(10-12)21(28)19-20(18-5-4-8-32-18)26(24(30)22(19)29)16-11-14(25)6-7-17(16)27/h4-11,20,27-28H,1-3H3/b21-19-. The molecule has 3 aromatic rings. The molecule has 1 atom stereocenters. The summed E-state index contributed by atoms with van der Waals surface area (Å²) in [4.78, 5) is 28.2. The van der Waals surface area contributed by atoms with Crippen LogP contribution in [0.1, 0.15) is 27.6 Å². The third-order valence-corrected chi connectivity index (χ3v) is 6.49. The molecule has 164 valence electrons. The molecule has 2 N–H and O–H groups in total. The first-order valence-corrected chi connectivity index (χ1v) is 11.0. The van der Waals surface area contributed by atoms with E-state index in [1.807, 2.05) is 25.3 Å². The number of ketones is 1. The Morgan fingerprint density at radius 2 is 1.91 bits per heavy atom. The summed E-state index contributed by atoms with van der Waals surface area (Å²) in [6, 6.07) is 10.5. The van der Waals surface area contributed by atoms with E-state index >= 15 is 0 Å². The number of ether oxygens (including phenoxy) is 1.